The highest BCUT2D eigenvalue weighted by Gasteiger charge is 2.27. The highest BCUT2D eigenvalue weighted by atomic mass is 19.1. The number of aliphatic hydroxyl groups excluding tert-OH is 1. The fourth-order valence-electron chi connectivity index (χ4n) is 4.60. The van der Waals surface area contributed by atoms with Crippen molar-refractivity contribution in [2.24, 2.45) is 5.92 Å². The lowest BCUT2D eigenvalue weighted by atomic mass is 9.89. The Morgan fingerprint density at radius 1 is 1.03 bits per heavy atom. The molecule has 1 aliphatic heterocycles. The largest absolute Gasteiger partial charge is 0.423 e. The first-order chi connectivity index (χ1) is 18.3. The number of likely N-dealkylation sites (tertiary alicyclic amines) is 1. The van der Waals surface area contributed by atoms with E-state index in [1.54, 1.807) is 4.90 Å². The molecule has 3 aromatic rings. The molecule has 1 saturated heterocycles. The molecular weight excluding hydrogens is 499 g/mol. The summed E-state index contributed by atoms with van der Waals surface area (Å²) in [6, 6.07) is 8.45. The van der Waals surface area contributed by atoms with E-state index in [9.17, 15) is 28.7 Å². The third-order valence-electron chi connectivity index (χ3n) is 6.78. The van der Waals surface area contributed by atoms with Gasteiger partial charge in [-0.15, -0.1) is 0 Å². The summed E-state index contributed by atoms with van der Waals surface area (Å²) < 4.78 is 28.5. The van der Waals surface area contributed by atoms with E-state index in [1.807, 2.05) is 0 Å². The molecule has 0 spiro atoms. The Bertz CT molecular complexity index is 1410. The van der Waals surface area contributed by atoms with Crippen LogP contribution in [0.1, 0.15) is 39.1 Å². The van der Waals surface area contributed by atoms with Gasteiger partial charge in [-0.1, -0.05) is 6.07 Å². The molecule has 1 fully saturated rings. The van der Waals surface area contributed by atoms with Crippen LogP contribution in [0.25, 0.3) is 11.2 Å². The molecule has 1 aliphatic rings. The number of amides is 1. The number of piperidine rings is 1. The summed E-state index contributed by atoms with van der Waals surface area (Å²) in [6.07, 6.45) is 1.30. The molecule has 2 aromatic carbocycles. The van der Waals surface area contributed by atoms with E-state index in [-0.39, 0.29) is 53.0 Å². The van der Waals surface area contributed by atoms with Crippen molar-refractivity contribution in [3.8, 4) is 0 Å². The van der Waals surface area contributed by atoms with Gasteiger partial charge in [0.25, 0.3) is 5.91 Å². The Kier molecular flexibility index (Phi) is 8.82. The minimum absolute atomic E-state index is 0.00731. The average molecular weight is 529 g/mol. The van der Waals surface area contributed by atoms with Gasteiger partial charge in [-0.05, 0) is 56.3 Å². The van der Waals surface area contributed by atoms with Crippen LogP contribution in [0.2, 0.25) is 0 Å². The van der Waals surface area contributed by atoms with Crippen LogP contribution in [0.4, 0.5) is 4.39 Å². The van der Waals surface area contributed by atoms with Crippen LogP contribution in [0, 0.1) is 11.7 Å². The smallest absolute Gasteiger partial charge is 0.414 e. The molecule has 0 atom stereocenters. The standard InChI is InChI=1S/C27H29FN2O8/c1-36-15-14-30(25(33)21-7-4-19(16-31)23-24(21)38-27(35)26(34)37-23)13-12-29-10-8-18(9-11-29)22(32)17-2-5-20(28)6-3-17/h2-7,18,31H,8-16H2,1H3. The second-order valence-electron chi connectivity index (χ2n) is 9.14. The third kappa shape index (κ3) is 6.07. The number of Topliss-reactive ketones (excluding diaryl/α,β-unsaturated/α-hetero) is 1. The number of nitrogens with zero attached hydrogens (tertiary/aromatic N) is 2. The number of rotatable bonds is 10. The summed E-state index contributed by atoms with van der Waals surface area (Å²) in [5, 5.41) is 9.57. The Morgan fingerprint density at radius 3 is 2.32 bits per heavy atom. The van der Waals surface area contributed by atoms with E-state index in [0.29, 0.717) is 44.6 Å². The molecule has 0 saturated carbocycles. The molecule has 4 rings (SSSR count). The molecule has 1 aromatic heterocycles. The first-order valence-corrected chi connectivity index (χ1v) is 12.3. The third-order valence-corrected chi connectivity index (χ3v) is 6.78. The summed E-state index contributed by atoms with van der Waals surface area (Å²) in [5.41, 5.74) is -2.09. The van der Waals surface area contributed by atoms with Crippen molar-refractivity contribution < 1.29 is 32.7 Å². The predicted octanol–water partition coefficient (Wildman–Crippen LogP) is 2.06. The van der Waals surface area contributed by atoms with E-state index in [2.05, 4.69) is 4.90 Å². The highest BCUT2D eigenvalue weighted by molar-refractivity contribution is 6.04. The van der Waals surface area contributed by atoms with E-state index >= 15 is 0 Å². The first kappa shape index (κ1) is 27.4. The maximum Gasteiger partial charge on any atom is 0.423 e. The molecule has 1 N–H and O–H groups in total. The molecule has 0 radical (unpaired) electrons. The number of benzene rings is 2. The van der Waals surface area contributed by atoms with Gasteiger partial charge in [0.1, 0.15) is 5.82 Å². The second-order valence-corrected chi connectivity index (χ2v) is 9.14. The van der Waals surface area contributed by atoms with Gasteiger partial charge in [-0.25, -0.2) is 14.0 Å². The molecule has 0 unspecified atom stereocenters. The number of ether oxygens (including phenoxy) is 1. The summed E-state index contributed by atoms with van der Waals surface area (Å²) in [4.78, 5) is 53.5. The number of halogens is 1. The predicted molar refractivity (Wildman–Crippen MR) is 135 cm³/mol. The number of hydrogen-bond donors (Lipinski definition) is 1. The van der Waals surface area contributed by atoms with Crippen LogP contribution < -0.4 is 11.3 Å². The Hall–Kier alpha value is -3.67. The average Bonchev–Trinajstić information content (AvgIpc) is 2.93. The van der Waals surface area contributed by atoms with Crippen LogP contribution in [0.5, 0.6) is 0 Å². The molecule has 202 valence electrons. The minimum atomic E-state index is -1.25. The number of methoxy groups -OCH3 is 1. The van der Waals surface area contributed by atoms with E-state index in [1.165, 1.54) is 43.5 Å². The van der Waals surface area contributed by atoms with Gasteiger partial charge >= 0.3 is 11.3 Å². The Morgan fingerprint density at radius 2 is 1.68 bits per heavy atom. The van der Waals surface area contributed by atoms with Crippen LogP contribution in [-0.4, -0.2) is 73.0 Å². The van der Waals surface area contributed by atoms with Crippen molar-refractivity contribution in [3.05, 3.63) is 79.7 Å². The zero-order valence-corrected chi connectivity index (χ0v) is 21.0. The van der Waals surface area contributed by atoms with Gasteiger partial charge in [0.2, 0.25) is 0 Å². The lowest BCUT2D eigenvalue weighted by Crippen LogP contribution is -2.43. The normalized spacial score (nSPS) is 14.6. The maximum atomic E-state index is 13.5. The molecule has 0 bridgehead atoms. The van der Waals surface area contributed by atoms with Crippen molar-refractivity contribution in [2.75, 3.05) is 46.4 Å². The number of aliphatic hydroxyl groups is 1. The number of ketones is 1. The Balaban J connectivity index is 1.44. The van der Waals surface area contributed by atoms with Gasteiger partial charge in [0, 0.05) is 43.8 Å². The monoisotopic (exact) mass is 528 g/mol. The lowest BCUT2D eigenvalue weighted by Gasteiger charge is -2.33. The van der Waals surface area contributed by atoms with Crippen LogP contribution >= 0.6 is 0 Å². The van der Waals surface area contributed by atoms with Crippen molar-refractivity contribution in [1.82, 2.24) is 9.80 Å². The quantitative estimate of drug-likeness (QED) is 0.310. The van der Waals surface area contributed by atoms with Crippen LogP contribution in [0.3, 0.4) is 0 Å². The van der Waals surface area contributed by atoms with E-state index in [0.717, 1.165) is 0 Å². The molecule has 0 aliphatic carbocycles. The summed E-state index contributed by atoms with van der Waals surface area (Å²) >= 11 is 0. The zero-order valence-electron chi connectivity index (χ0n) is 21.0. The fraction of sp³-hybridized carbons (Fsp3) is 0.407. The van der Waals surface area contributed by atoms with Gasteiger partial charge in [-0.2, -0.15) is 0 Å². The molecule has 38 heavy (non-hydrogen) atoms. The van der Waals surface area contributed by atoms with Crippen molar-refractivity contribution in [3.63, 3.8) is 0 Å². The van der Waals surface area contributed by atoms with Crippen molar-refractivity contribution in [1.29, 1.82) is 0 Å². The molecule has 10 nitrogen and oxygen atoms in total. The molecular formula is C27H29FN2O8. The van der Waals surface area contributed by atoms with Crippen LogP contribution in [0.15, 0.2) is 54.8 Å². The van der Waals surface area contributed by atoms with Gasteiger partial charge in [0.15, 0.2) is 16.9 Å². The fourth-order valence-corrected chi connectivity index (χ4v) is 4.60. The molecule has 1 amide bonds. The van der Waals surface area contributed by atoms with E-state index in [4.69, 9.17) is 13.6 Å². The minimum Gasteiger partial charge on any atom is -0.414 e. The first-order valence-electron chi connectivity index (χ1n) is 12.3. The van der Waals surface area contributed by atoms with Crippen molar-refractivity contribution >= 4 is 22.9 Å². The lowest BCUT2D eigenvalue weighted by molar-refractivity contribution is 0.0651. The Labute approximate surface area is 217 Å². The topological polar surface area (TPSA) is 130 Å². The highest BCUT2D eigenvalue weighted by Crippen LogP contribution is 2.24. The SMILES string of the molecule is COCCN(CCN1CCC(C(=O)c2ccc(F)cc2)CC1)C(=O)c1ccc(CO)c2oc(=O)c(=O)oc12. The molecule has 2 heterocycles. The summed E-state index contributed by atoms with van der Waals surface area (Å²) in [7, 11) is 1.52. The zero-order chi connectivity index (χ0) is 27.2. The van der Waals surface area contributed by atoms with Gasteiger partial charge in [0.05, 0.1) is 18.8 Å². The second kappa shape index (κ2) is 12.2. The van der Waals surface area contributed by atoms with Crippen molar-refractivity contribution in [2.45, 2.75) is 19.4 Å². The van der Waals surface area contributed by atoms with Gasteiger partial charge in [-0.3, -0.25) is 9.59 Å². The number of fused-ring (bicyclic) bond motifs is 1. The van der Waals surface area contributed by atoms with Gasteiger partial charge < -0.3 is 28.5 Å². The number of carbonyl (C=O) groups excluding carboxylic acids is 2. The maximum absolute atomic E-state index is 13.5. The van der Waals surface area contributed by atoms with E-state index < -0.39 is 23.8 Å². The summed E-state index contributed by atoms with van der Waals surface area (Å²) in [6.45, 7) is 2.26. The molecule has 11 heteroatoms. The number of hydrogen-bond acceptors (Lipinski definition) is 9. The summed E-state index contributed by atoms with van der Waals surface area (Å²) in [5.74, 6) is -0.965. The van der Waals surface area contributed by atoms with Crippen LogP contribution in [-0.2, 0) is 11.3 Å². The number of carbonyl (C=O) groups is 2.